The summed E-state index contributed by atoms with van der Waals surface area (Å²) in [5.41, 5.74) is 1.42. The predicted molar refractivity (Wildman–Crippen MR) is 122 cm³/mol. The van der Waals surface area contributed by atoms with Crippen molar-refractivity contribution in [1.82, 2.24) is 4.90 Å². The van der Waals surface area contributed by atoms with Crippen molar-refractivity contribution in [3.8, 4) is 0 Å². The number of hydrogen-bond acceptors (Lipinski definition) is 2. The number of rotatable bonds is 5. The first-order chi connectivity index (χ1) is 15.6. The second kappa shape index (κ2) is 10.1. The van der Waals surface area contributed by atoms with Crippen LogP contribution in [0.2, 0.25) is 0 Å². The van der Waals surface area contributed by atoms with Gasteiger partial charge in [-0.3, -0.25) is 0 Å². The third-order valence-corrected chi connectivity index (χ3v) is 4.85. The summed E-state index contributed by atoms with van der Waals surface area (Å²) < 4.78 is 39.7. The van der Waals surface area contributed by atoms with Crippen molar-refractivity contribution >= 4 is 29.1 Å². The lowest BCUT2D eigenvalue weighted by molar-refractivity contribution is -0.138. The van der Waals surface area contributed by atoms with E-state index in [1.165, 1.54) is 25.2 Å². The maximum Gasteiger partial charge on any atom is 0.416 e. The highest BCUT2D eigenvalue weighted by Gasteiger charge is 2.33. The molecule has 0 aromatic heterocycles. The molecule has 0 heterocycles. The Morgan fingerprint density at radius 1 is 0.848 bits per heavy atom. The van der Waals surface area contributed by atoms with Gasteiger partial charge in [-0.05, 0) is 48.4 Å². The first-order valence-corrected chi connectivity index (χ1v) is 10.0. The first kappa shape index (κ1) is 23.6. The van der Waals surface area contributed by atoms with Gasteiger partial charge in [-0.1, -0.05) is 42.5 Å². The Morgan fingerprint density at radius 3 is 2.18 bits per heavy atom. The van der Waals surface area contributed by atoms with Crippen molar-refractivity contribution in [2.45, 2.75) is 19.6 Å². The van der Waals surface area contributed by atoms with Crippen LogP contribution in [0.1, 0.15) is 16.7 Å². The van der Waals surface area contributed by atoms with Crippen molar-refractivity contribution in [3.63, 3.8) is 0 Å². The summed E-state index contributed by atoms with van der Waals surface area (Å²) in [4.78, 5) is 26.0. The van der Waals surface area contributed by atoms with Crippen LogP contribution < -0.4 is 16.0 Å². The van der Waals surface area contributed by atoms with Crippen LogP contribution in [-0.2, 0) is 12.7 Å². The van der Waals surface area contributed by atoms with Crippen LogP contribution in [-0.4, -0.2) is 24.0 Å². The molecular formula is C24H23F3N4O2. The molecule has 0 atom stereocenters. The molecule has 0 radical (unpaired) electrons. The topological polar surface area (TPSA) is 73.5 Å². The number of halogens is 3. The highest BCUT2D eigenvalue weighted by atomic mass is 19.4. The number of nitrogens with zero attached hydrogens (tertiary/aromatic N) is 1. The number of aryl methyl sites for hydroxylation is 1. The summed E-state index contributed by atoms with van der Waals surface area (Å²) in [6.45, 7) is 1.54. The predicted octanol–water partition coefficient (Wildman–Crippen LogP) is 6.32. The fourth-order valence-electron chi connectivity index (χ4n) is 3.12. The van der Waals surface area contributed by atoms with Crippen molar-refractivity contribution in [2.75, 3.05) is 23.0 Å². The van der Waals surface area contributed by atoms with Gasteiger partial charge >= 0.3 is 18.2 Å². The van der Waals surface area contributed by atoms with E-state index < -0.39 is 23.8 Å². The second-order valence-corrected chi connectivity index (χ2v) is 7.42. The average Bonchev–Trinajstić information content (AvgIpc) is 2.76. The number of urea groups is 2. The van der Waals surface area contributed by atoms with Crippen LogP contribution in [0.25, 0.3) is 0 Å². The smallest absolute Gasteiger partial charge is 0.323 e. The molecule has 0 aliphatic carbocycles. The van der Waals surface area contributed by atoms with Gasteiger partial charge in [0.1, 0.15) is 0 Å². The lowest BCUT2D eigenvalue weighted by atomic mass is 10.1. The molecule has 3 rings (SSSR count). The lowest BCUT2D eigenvalue weighted by Gasteiger charge is -2.21. The zero-order chi connectivity index (χ0) is 24.0. The lowest BCUT2D eigenvalue weighted by Crippen LogP contribution is -2.32. The fraction of sp³-hybridized carbons (Fsp3) is 0.167. The Kier molecular flexibility index (Phi) is 7.22. The normalized spacial score (nSPS) is 10.9. The van der Waals surface area contributed by atoms with Crippen LogP contribution in [0.3, 0.4) is 0 Å². The SMILES string of the molecule is Cc1ccc(NC(=O)Nc2ccccc2)cc1NC(=O)N(C)Cc1ccccc1C(F)(F)F. The van der Waals surface area contributed by atoms with E-state index in [9.17, 15) is 22.8 Å². The van der Waals surface area contributed by atoms with E-state index in [0.717, 1.165) is 16.5 Å². The number of hydrogen-bond donors (Lipinski definition) is 3. The van der Waals surface area contributed by atoms with Crippen LogP contribution in [0.15, 0.2) is 72.8 Å². The Hall–Kier alpha value is -4.01. The minimum atomic E-state index is -4.51. The maximum atomic E-state index is 13.2. The molecule has 6 nitrogen and oxygen atoms in total. The van der Waals surface area contributed by atoms with Crippen LogP contribution in [0.5, 0.6) is 0 Å². The minimum absolute atomic E-state index is 0.00706. The summed E-state index contributed by atoms with van der Waals surface area (Å²) in [6, 6.07) is 18.0. The molecule has 0 spiro atoms. The zero-order valence-electron chi connectivity index (χ0n) is 18.0. The van der Waals surface area contributed by atoms with Crippen molar-refractivity contribution in [1.29, 1.82) is 0 Å². The third kappa shape index (κ3) is 6.49. The van der Waals surface area contributed by atoms with E-state index in [0.29, 0.717) is 17.1 Å². The average molecular weight is 456 g/mol. The van der Waals surface area contributed by atoms with Gasteiger partial charge in [-0.2, -0.15) is 13.2 Å². The Morgan fingerprint density at radius 2 is 1.48 bits per heavy atom. The minimum Gasteiger partial charge on any atom is -0.323 e. The number of carbonyl (C=O) groups is 2. The molecule has 172 valence electrons. The molecule has 0 aliphatic rings. The Bertz CT molecular complexity index is 1130. The second-order valence-electron chi connectivity index (χ2n) is 7.42. The molecule has 9 heteroatoms. The molecule has 3 aromatic carbocycles. The molecule has 0 saturated heterocycles. The molecule has 4 amide bonds. The van der Waals surface area contributed by atoms with E-state index in [-0.39, 0.29) is 12.1 Å². The monoisotopic (exact) mass is 456 g/mol. The van der Waals surface area contributed by atoms with E-state index in [2.05, 4.69) is 16.0 Å². The molecule has 0 fully saturated rings. The third-order valence-electron chi connectivity index (χ3n) is 4.85. The van der Waals surface area contributed by atoms with Gasteiger partial charge in [0.15, 0.2) is 0 Å². The summed E-state index contributed by atoms with van der Waals surface area (Å²) in [5.74, 6) is 0. The molecule has 0 aliphatic heterocycles. The number of nitrogens with one attached hydrogen (secondary N) is 3. The molecule has 0 bridgehead atoms. The number of para-hydroxylation sites is 1. The molecule has 3 N–H and O–H groups in total. The van der Waals surface area contributed by atoms with Gasteiger partial charge in [-0.25, -0.2) is 9.59 Å². The van der Waals surface area contributed by atoms with Crippen LogP contribution in [0.4, 0.5) is 39.8 Å². The molecule has 0 saturated carbocycles. The van der Waals surface area contributed by atoms with Gasteiger partial charge in [0, 0.05) is 30.7 Å². The van der Waals surface area contributed by atoms with Crippen LogP contribution in [0, 0.1) is 6.92 Å². The van der Waals surface area contributed by atoms with E-state index in [4.69, 9.17) is 0 Å². The van der Waals surface area contributed by atoms with Gasteiger partial charge in [0.25, 0.3) is 0 Å². The number of alkyl halides is 3. The number of anilines is 3. The summed E-state index contributed by atoms with van der Waals surface area (Å²) in [5, 5.41) is 8.06. The molecule has 0 unspecified atom stereocenters. The largest absolute Gasteiger partial charge is 0.416 e. The van der Waals surface area contributed by atoms with Crippen molar-refractivity contribution in [2.24, 2.45) is 0 Å². The van der Waals surface area contributed by atoms with E-state index in [1.807, 2.05) is 6.07 Å². The summed E-state index contributed by atoms with van der Waals surface area (Å²) >= 11 is 0. The standard InChI is InChI=1S/C24H23F3N4O2/c1-16-12-13-19(29-22(32)28-18-9-4-3-5-10-18)14-21(16)30-23(33)31(2)15-17-8-6-7-11-20(17)24(25,26)27/h3-14H,15H2,1-2H3,(H,30,33)(H2,28,29,32). The number of benzene rings is 3. The van der Waals surface area contributed by atoms with Crippen molar-refractivity contribution in [3.05, 3.63) is 89.5 Å². The first-order valence-electron chi connectivity index (χ1n) is 10.0. The Balaban J connectivity index is 1.67. The van der Waals surface area contributed by atoms with Crippen LogP contribution >= 0.6 is 0 Å². The van der Waals surface area contributed by atoms with Crippen molar-refractivity contribution < 1.29 is 22.8 Å². The van der Waals surface area contributed by atoms with Gasteiger partial charge < -0.3 is 20.9 Å². The quantitative estimate of drug-likeness (QED) is 0.420. The highest BCUT2D eigenvalue weighted by Crippen LogP contribution is 2.32. The van der Waals surface area contributed by atoms with E-state index in [1.54, 1.807) is 49.4 Å². The molecule has 3 aromatic rings. The Labute approximate surface area is 189 Å². The molecular weight excluding hydrogens is 433 g/mol. The molecule has 33 heavy (non-hydrogen) atoms. The van der Waals surface area contributed by atoms with Gasteiger partial charge in [0.2, 0.25) is 0 Å². The fourth-order valence-corrected chi connectivity index (χ4v) is 3.12. The van der Waals surface area contributed by atoms with Gasteiger partial charge in [0.05, 0.1) is 5.56 Å². The van der Waals surface area contributed by atoms with E-state index >= 15 is 0 Å². The highest BCUT2D eigenvalue weighted by molar-refractivity contribution is 6.00. The number of amides is 4. The number of carbonyl (C=O) groups excluding carboxylic acids is 2. The van der Waals surface area contributed by atoms with Gasteiger partial charge in [-0.15, -0.1) is 0 Å². The maximum absolute atomic E-state index is 13.2. The summed E-state index contributed by atoms with van der Waals surface area (Å²) in [7, 11) is 1.41. The summed E-state index contributed by atoms with van der Waals surface area (Å²) in [6.07, 6.45) is -4.51. The zero-order valence-corrected chi connectivity index (χ0v) is 18.0.